The van der Waals surface area contributed by atoms with Crippen molar-refractivity contribution in [3.8, 4) is 5.75 Å². The smallest absolute Gasteiger partial charge is 0.141 e. The van der Waals surface area contributed by atoms with Gasteiger partial charge in [-0.1, -0.05) is 29.8 Å². The molecule has 0 amide bonds. The first-order valence-corrected chi connectivity index (χ1v) is 9.50. The molecule has 0 unspecified atom stereocenters. The van der Waals surface area contributed by atoms with E-state index in [9.17, 15) is 4.39 Å². The molecule has 4 rings (SSSR count). The number of hydrogen-bond acceptors (Lipinski definition) is 2. The largest absolute Gasteiger partial charge is 0.497 e. The fourth-order valence-electron chi connectivity index (χ4n) is 3.88. The molecule has 0 spiro atoms. The number of aromatic nitrogens is 1. The van der Waals surface area contributed by atoms with Crippen molar-refractivity contribution in [1.29, 1.82) is 0 Å². The van der Waals surface area contributed by atoms with Crippen molar-refractivity contribution in [2.24, 2.45) is 0 Å². The molecule has 1 aliphatic heterocycles. The average Bonchev–Trinajstić information content (AvgIpc) is 3.06. The Morgan fingerprint density at radius 3 is 2.81 bits per heavy atom. The van der Waals surface area contributed by atoms with Crippen LogP contribution >= 0.6 is 11.6 Å². The van der Waals surface area contributed by atoms with Crippen LogP contribution in [0.25, 0.3) is 0 Å². The van der Waals surface area contributed by atoms with Gasteiger partial charge in [-0.15, -0.1) is 0 Å². The van der Waals surface area contributed by atoms with Gasteiger partial charge in [-0.2, -0.15) is 0 Å². The number of nitrogens with zero attached hydrogens (tertiary/aromatic N) is 2. The lowest BCUT2D eigenvalue weighted by atomic mass is 10.0. The maximum atomic E-state index is 13.6. The van der Waals surface area contributed by atoms with E-state index >= 15 is 0 Å². The zero-order valence-electron chi connectivity index (χ0n) is 15.2. The van der Waals surface area contributed by atoms with E-state index in [4.69, 9.17) is 16.3 Å². The highest BCUT2D eigenvalue weighted by Crippen LogP contribution is 2.34. The van der Waals surface area contributed by atoms with Crippen LogP contribution in [0.5, 0.6) is 5.75 Å². The Hall–Kier alpha value is -2.30. The molecule has 0 N–H and O–H groups in total. The molecule has 27 heavy (non-hydrogen) atoms. The predicted octanol–water partition coefficient (Wildman–Crippen LogP) is 5.28. The van der Waals surface area contributed by atoms with Crippen LogP contribution in [0.2, 0.25) is 5.02 Å². The van der Waals surface area contributed by atoms with Gasteiger partial charge in [-0.3, -0.25) is 4.90 Å². The van der Waals surface area contributed by atoms with Crippen molar-refractivity contribution in [3.63, 3.8) is 0 Å². The zero-order valence-corrected chi connectivity index (χ0v) is 16.0. The Balaban J connectivity index is 1.74. The SMILES string of the molecule is COc1cccc([C@H]2c3cccn3CCCN2Cc2ccc(F)c(Cl)c2)c1. The Morgan fingerprint density at radius 1 is 1.11 bits per heavy atom. The molecule has 3 aromatic rings. The molecule has 5 heteroatoms. The van der Waals surface area contributed by atoms with Gasteiger partial charge in [0.15, 0.2) is 0 Å². The first-order valence-electron chi connectivity index (χ1n) is 9.12. The standard InChI is InChI=1S/C22H22ClFN2O/c1-27-18-6-2-5-17(14-18)22-21-7-3-10-25(21)11-4-12-26(22)15-16-8-9-20(24)19(23)13-16/h2-3,5-10,13-14,22H,4,11-12,15H2,1H3/t22-/m0/s1. The fraction of sp³-hybridized carbons (Fsp3) is 0.273. The molecule has 3 nitrogen and oxygen atoms in total. The topological polar surface area (TPSA) is 17.4 Å². The highest BCUT2D eigenvalue weighted by Gasteiger charge is 2.27. The average molecular weight is 385 g/mol. The summed E-state index contributed by atoms with van der Waals surface area (Å²) >= 11 is 6.01. The number of benzene rings is 2. The molecule has 2 aromatic carbocycles. The number of rotatable bonds is 4. The molecule has 2 heterocycles. The lowest BCUT2D eigenvalue weighted by Gasteiger charge is -2.31. The van der Waals surface area contributed by atoms with Gasteiger partial charge in [0.05, 0.1) is 18.2 Å². The van der Waals surface area contributed by atoms with E-state index in [1.807, 2.05) is 18.2 Å². The molecule has 0 aliphatic carbocycles. The van der Waals surface area contributed by atoms with E-state index in [-0.39, 0.29) is 16.9 Å². The second-order valence-electron chi connectivity index (χ2n) is 6.88. The predicted molar refractivity (Wildman–Crippen MR) is 106 cm³/mol. The van der Waals surface area contributed by atoms with Gasteiger partial charge in [0, 0.05) is 31.5 Å². The summed E-state index contributed by atoms with van der Waals surface area (Å²) in [4.78, 5) is 2.43. The lowest BCUT2D eigenvalue weighted by Crippen LogP contribution is -2.29. The van der Waals surface area contributed by atoms with Crippen molar-refractivity contribution in [2.45, 2.75) is 25.6 Å². The van der Waals surface area contributed by atoms with Gasteiger partial charge in [-0.25, -0.2) is 4.39 Å². The number of hydrogen-bond donors (Lipinski definition) is 0. The quantitative estimate of drug-likeness (QED) is 0.608. The van der Waals surface area contributed by atoms with Crippen molar-refractivity contribution >= 4 is 11.6 Å². The summed E-state index contributed by atoms with van der Waals surface area (Å²) in [5, 5.41) is 0.170. The molecule has 0 saturated heterocycles. The van der Waals surface area contributed by atoms with Crippen LogP contribution in [0.15, 0.2) is 60.8 Å². The van der Waals surface area contributed by atoms with Crippen molar-refractivity contribution < 1.29 is 9.13 Å². The highest BCUT2D eigenvalue weighted by molar-refractivity contribution is 6.30. The third kappa shape index (κ3) is 3.73. The molecule has 0 radical (unpaired) electrons. The summed E-state index contributed by atoms with van der Waals surface area (Å²) in [5.74, 6) is 0.467. The van der Waals surface area contributed by atoms with Gasteiger partial charge < -0.3 is 9.30 Å². The molecule has 140 valence electrons. The van der Waals surface area contributed by atoms with E-state index in [0.717, 1.165) is 30.8 Å². The Labute approximate surface area is 163 Å². The molecule has 0 bridgehead atoms. The van der Waals surface area contributed by atoms with Crippen LogP contribution in [0.1, 0.15) is 29.3 Å². The minimum atomic E-state index is -0.380. The molecule has 0 fully saturated rings. The first-order chi connectivity index (χ1) is 13.2. The van der Waals surface area contributed by atoms with Gasteiger partial charge in [-0.05, 0) is 53.9 Å². The van der Waals surface area contributed by atoms with E-state index in [0.29, 0.717) is 6.54 Å². The summed E-state index contributed by atoms with van der Waals surface area (Å²) < 4.78 is 21.3. The fourth-order valence-corrected chi connectivity index (χ4v) is 4.08. The number of fused-ring (bicyclic) bond motifs is 1. The van der Waals surface area contributed by atoms with E-state index in [1.54, 1.807) is 13.2 Å². The monoisotopic (exact) mass is 384 g/mol. The zero-order chi connectivity index (χ0) is 18.8. The summed E-state index contributed by atoms with van der Waals surface area (Å²) in [6, 6.07) is 17.6. The highest BCUT2D eigenvalue weighted by atomic mass is 35.5. The van der Waals surface area contributed by atoms with Gasteiger partial charge >= 0.3 is 0 Å². The molecule has 1 atom stereocenters. The number of halogens is 2. The van der Waals surface area contributed by atoms with Crippen LogP contribution in [-0.2, 0) is 13.1 Å². The Morgan fingerprint density at radius 2 is 2.00 bits per heavy atom. The van der Waals surface area contributed by atoms with Crippen LogP contribution in [0.3, 0.4) is 0 Å². The van der Waals surface area contributed by atoms with E-state index < -0.39 is 0 Å². The molecular formula is C22H22ClFN2O. The first kappa shape index (κ1) is 18.1. The van der Waals surface area contributed by atoms with E-state index in [2.05, 4.69) is 39.9 Å². The Kier molecular flexibility index (Phi) is 5.19. The minimum absolute atomic E-state index is 0.0985. The molecule has 1 aliphatic rings. The van der Waals surface area contributed by atoms with E-state index in [1.165, 1.54) is 17.3 Å². The molecule has 1 aromatic heterocycles. The van der Waals surface area contributed by atoms with Crippen molar-refractivity contribution in [3.05, 3.63) is 88.5 Å². The second-order valence-corrected chi connectivity index (χ2v) is 7.29. The van der Waals surface area contributed by atoms with Gasteiger partial charge in [0.25, 0.3) is 0 Å². The lowest BCUT2D eigenvalue weighted by molar-refractivity contribution is 0.220. The van der Waals surface area contributed by atoms with Crippen LogP contribution in [0, 0.1) is 5.82 Å². The van der Waals surface area contributed by atoms with Crippen molar-refractivity contribution in [2.75, 3.05) is 13.7 Å². The van der Waals surface area contributed by atoms with Crippen LogP contribution in [0.4, 0.5) is 4.39 Å². The molecule has 0 saturated carbocycles. The third-order valence-corrected chi connectivity index (χ3v) is 5.42. The van der Waals surface area contributed by atoms with Gasteiger partial charge in [0.1, 0.15) is 11.6 Å². The van der Waals surface area contributed by atoms with Gasteiger partial charge in [0.2, 0.25) is 0 Å². The van der Waals surface area contributed by atoms with Crippen molar-refractivity contribution in [1.82, 2.24) is 9.47 Å². The maximum absolute atomic E-state index is 13.6. The van der Waals surface area contributed by atoms with Crippen LogP contribution in [-0.4, -0.2) is 23.1 Å². The minimum Gasteiger partial charge on any atom is -0.497 e. The second kappa shape index (κ2) is 7.75. The summed E-state index contributed by atoms with van der Waals surface area (Å²) in [6.45, 7) is 2.63. The number of aryl methyl sites for hydroxylation is 1. The number of ether oxygens (including phenoxy) is 1. The third-order valence-electron chi connectivity index (χ3n) is 5.13. The molecular weight excluding hydrogens is 363 g/mol. The van der Waals surface area contributed by atoms with Crippen LogP contribution < -0.4 is 4.74 Å². The normalized spacial score (nSPS) is 17.4. The maximum Gasteiger partial charge on any atom is 0.141 e. The summed E-state index contributed by atoms with van der Waals surface area (Å²) in [6.07, 6.45) is 3.19. The Bertz CT molecular complexity index is 940. The summed E-state index contributed by atoms with van der Waals surface area (Å²) in [5.41, 5.74) is 3.45. The number of methoxy groups -OCH3 is 1. The summed E-state index contributed by atoms with van der Waals surface area (Å²) in [7, 11) is 1.69.